The van der Waals surface area contributed by atoms with Crippen molar-refractivity contribution in [2.45, 2.75) is 26.7 Å². The zero-order valence-electron chi connectivity index (χ0n) is 9.81. The first-order chi connectivity index (χ1) is 7.54. The molecule has 1 saturated carbocycles. The summed E-state index contributed by atoms with van der Waals surface area (Å²) in [5, 5.41) is 8.48. The molecule has 0 radical (unpaired) electrons. The largest absolute Gasteiger partial charge is 0.478 e. The van der Waals surface area contributed by atoms with Gasteiger partial charge in [-0.1, -0.05) is 36.8 Å². The zero-order valence-corrected chi connectivity index (χ0v) is 9.81. The first-order valence-electron chi connectivity index (χ1n) is 5.78. The smallest absolute Gasteiger partial charge is 0.328 e. The van der Waals surface area contributed by atoms with Gasteiger partial charge in [-0.3, -0.25) is 0 Å². The van der Waals surface area contributed by atoms with E-state index >= 15 is 0 Å². The lowest BCUT2D eigenvalue weighted by molar-refractivity contribution is -0.131. The third-order valence-electron chi connectivity index (χ3n) is 4.04. The number of hydrogen-bond acceptors (Lipinski definition) is 1. The average Bonchev–Trinajstić information content (AvgIpc) is 2.87. The molecular formula is C14H18O2. The molecule has 86 valence electrons. The van der Waals surface area contributed by atoms with Gasteiger partial charge in [0, 0.05) is 12.0 Å². The van der Waals surface area contributed by atoms with Gasteiger partial charge in [-0.25, -0.2) is 4.79 Å². The Morgan fingerprint density at radius 3 is 3.00 bits per heavy atom. The number of carbonyl (C=O) groups is 1. The van der Waals surface area contributed by atoms with Crippen molar-refractivity contribution in [2.24, 2.45) is 17.3 Å². The summed E-state index contributed by atoms with van der Waals surface area (Å²) >= 11 is 0. The van der Waals surface area contributed by atoms with Gasteiger partial charge in [0.1, 0.15) is 0 Å². The van der Waals surface area contributed by atoms with Gasteiger partial charge in [-0.2, -0.15) is 0 Å². The molecule has 2 aliphatic rings. The van der Waals surface area contributed by atoms with Gasteiger partial charge in [0.25, 0.3) is 0 Å². The Morgan fingerprint density at radius 1 is 1.56 bits per heavy atom. The SMILES string of the molecule is CC1=CCC2CC2(C)C1C=CC=CC(=O)O. The van der Waals surface area contributed by atoms with Crippen LogP contribution in [0.3, 0.4) is 0 Å². The minimum atomic E-state index is -0.893. The molecule has 3 unspecified atom stereocenters. The lowest BCUT2D eigenvalue weighted by atomic mass is 9.78. The summed E-state index contributed by atoms with van der Waals surface area (Å²) in [6.07, 6.45) is 11.6. The fourth-order valence-corrected chi connectivity index (χ4v) is 2.87. The number of aliphatic carboxylic acids is 1. The second-order valence-electron chi connectivity index (χ2n) is 5.15. The number of carboxylic acid groups (broad SMARTS) is 1. The molecule has 0 heterocycles. The van der Waals surface area contributed by atoms with E-state index in [9.17, 15) is 4.79 Å². The number of carboxylic acids is 1. The molecule has 0 aromatic carbocycles. The molecular weight excluding hydrogens is 200 g/mol. The van der Waals surface area contributed by atoms with Gasteiger partial charge in [0.2, 0.25) is 0 Å². The Morgan fingerprint density at radius 2 is 2.31 bits per heavy atom. The highest BCUT2D eigenvalue weighted by Gasteiger charge is 2.55. The van der Waals surface area contributed by atoms with Crippen molar-refractivity contribution >= 4 is 5.97 Å². The van der Waals surface area contributed by atoms with Crippen molar-refractivity contribution in [1.29, 1.82) is 0 Å². The van der Waals surface area contributed by atoms with Crippen molar-refractivity contribution in [3.63, 3.8) is 0 Å². The number of hydrogen-bond donors (Lipinski definition) is 1. The Balaban J connectivity index is 2.06. The molecule has 1 N–H and O–H groups in total. The maximum atomic E-state index is 10.3. The molecule has 0 aromatic heterocycles. The molecule has 16 heavy (non-hydrogen) atoms. The minimum Gasteiger partial charge on any atom is -0.478 e. The Kier molecular flexibility index (Phi) is 2.75. The quantitative estimate of drug-likeness (QED) is 0.449. The highest BCUT2D eigenvalue weighted by atomic mass is 16.4. The molecule has 0 amide bonds. The highest BCUT2D eigenvalue weighted by molar-refractivity contribution is 5.80. The second-order valence-corrected chi connectivity index (χ2v) is 5.15. The molecule has 2 aliphatic carbocycles. The molecule has 0 spiro atoms. The molecule has 3 atom stereocenters. The van der Waals surface area contributed by atoms with Gasteiger partial charge in [0.05, 0.1) is 0 Å². The third-order valence-corrected chi connectivity index (χ3v) is 4.04. The monoisotopic (exact) mass is 218 g/mol. The van der Waals surface area contributed by atoms with E-state index in [1.54, 1.807) is 6.08 Å². The van der Waals surface area contributed by atoms with Crippen LogP contribution in [0.5, 0.6) is 0 Å². The summed E-state index contributed by atoms with van der Waals surface area (Å²) in [7, 11) is 0. The summed E-state index contributed by atoms with van der Waals surface area (Å²) in [5.41, 5.74) is 1.86. The second kappa shape index (κ2) is 3.93. The van der Waals surface area contributed by atoms with E-state index in [1.807, 2.05) is 6.08 Å². The van der Waals surface area contributed by atoms with Crippen LogP contribution in [-0.2, 0) is 4.79 Å². The predicted molar refractivity (Wildman–Crippen MR) is 64.0 cm³/mol. The van der Waals surface area contributed by atoms with Crippen LogP contribution in [0.2, 0.25) is 0 Å². The Labute approximate surface area is 96.4 Å². The molecule has 1 fully saturated rings. The summed E-state index contributed by atoms with van der Waals surface area (Å²) in [6.45, 7) is 4.51. The summed E-state index contributed by atoms with van der Waals surface area (Å²) in [4.78, 5) is 10.3. The standard InChI is InChI=1S/C14H18O2/c1-10-7-8-11-9-14(11,2)12(10)5-3-4-6-13(15)16/h3-7,11-12H,8-9H2,1-2H3,(H,15,16). The molecule has 0 aliphatic heterocycles. The van der Waals surface area contributed by atoms with Crippen molar-refractivity contribution < 1.29 is 9.90 Å². The molecule has 0 saturated heterocycles. The summed E-state index contributed by atoms with van der Waals surface area (Å²) in [6, 6.07) is 0. The first-order valence-corrected chi connectivity index (χ1v) is 5.78. The van der Waals surface area contributed by atoms with Gasteiger partial charge in [0.15, 0.2) is 0 Å². The van der Waals surface area contributed by atoms with Gasteiger partial charge >= 0.3 is 5.97 Å². The molecule has 2 rings (SSSR count). The van der Waals surface area contributed by atoms with Gasteiger partial charge in [-0.05, 0) is 31.1 Å². The van der Waals surface area contributed by atoms with Gasteiger partial charge < -0.3 is 5.11 Å². The van der Waals surface area contributed by atoms with Crippen LogP contribution in [0.4, 0.5) is 0 Å². The number of rotatable bonds is 3. The predicted octanol–water partition coefficient (Wildman–Crippen LogP) is 3.18. The van der Waals surface area contributed by atoms with Crippen molar-refractivity contribution in [3.8, 4) is 0 Å². The van der Waals surface area contributed by atoms with E-state index in [-0.39, 0.29) is 0 Å². The van der Waals surface area contributed by atoms with Crippen LogP contribution in [0, 0.1) is 17.3 Å². The molecule has 2 heteroatoms. The molecule has 0 aromatic rings. The maximum Gasteiger partial charge on any atom is 0.328 e. The minimum absolute atomic E-state index is 0.437. The highest BCUT2D eigenvalue weighted by Crippen LogP contribution is 2.63. The Bertz CT molecular complexity index is 390. The lowest BCUT2D eigenvalue weighted by Crippen LogP contribution is -2.17. The van der Waals surface area contributed by atoms with Crippen LogP contribution < -0.4 is 0 Å². The third kappa shape index (κ3) is 1.97. The van der Waals surface area contributed by atoms with Gasteiger partial charge in [-0.15, -0.1) is 0 Å². The topological polar surface area (TPSA) is 37.3 Å². The first kappa shape index (κ1) is 11.2. The Hall–Kier alpha value is -1.31. The maximum absolute atomic E-state index is 10.3. The van der Waals surface area contributed by atoms with E-state index in [0.29, 0.717) is 11.3 Å². The molecule has 0 bridgehead atoms. The van der Waals surface area contributed by atoms with Crippen LogP contribution >= 0.6 is 0 Å². The van der Waals surface area contributed by atoms with E-state index < -0.39 is 5.97 Å². The van der Waals surface area contributed by atoms with Crippen LogP contribution in [0.25, 0.3) is 0 Å². The average molecular weight is 218 g/mol. The zero-order chi connectivity index (χ0) is 11.8. The normalized spacial score (nSPS) is 37.5. The van der Waals surface area contributed by atoms with Crippen LogP contribution in [0.15, 0.2) is 36.0 Å². The van der Waals surface area contributed by atoms with Crippen molar-refractivity contribution in [2.75, 3.05) is 0 Å². The summed E-state index contributed by atoms with van der Waals surface area (Å²) < 4.78 is 0. The van der Waals surface area contributed by atoms with Crippen molar-refractivity contribution in [3.05, 3.63) is 36.0 Å². The van der Waals surface area contributed by atoms with E-state index in [4.69, 9.17) is 5.11 Å². The van der Waals surface area contributed by atoms with E-state index in [2.05, 4.69) is 26.0 Å². The fourth-order valence-electron chi connectivity index (χ4n) is 2.87. The fraction of sp³-hybridized carbons (Fsp3) is 0.500. The van der Waals surface area contributed by atoms with Crippen molar-refractivity contribution in [1.82, 2.24) is 0 Å². The van der Waals surface area contributed by atoms with Crippen LogP contribution in [0.1, 0.15) is 26.7 Å². The number of fused-ring (bicyclic) bond motifs is 1. The summed E-state index contributed by atoms with van der Waals surface area (Å²) in [5.74, 6) is 0.440. The van der Waals surface area contributed by atoms with E-state index in [0.717, 1.165) is 5.92 Å². The number of allylic oxidation sites excluding steroid dienone is 5. The molecule has 2 nitrogen and oxygen atoms in total. The lowest BCUT2D eigenvalue weighted by Gasteiger charge is -2.26. The van der Waals surface area contributed by atoms with E-state index in [1.165, 1.54) is 24.5 Å². The van der Waals surface area contributed by atoms with Crippen LogP contribution in [-0.4, -0.2) is 11.1 Å².